The maximum atomic E-state index is 10.8. The van der Waals surface area contributed by atoms with Gasteiger partial charge in [0.15, 0.2) is 0 Å². The van der Waals surface area contributed by atoms with Gasteiger partial charge in [-0.3, -0.25) is 0 Å². The number of likely N-dealkylation sites (N-methyl/N-ethyl adjacent to an activating group) is 1. The third-order valence-electron chi connectivity index (χ3n) is 2.73. The highest BCUT2D eigenvalue weighted by Gasteiger charge is 2.08. The number of carboxylic acid groups (broad SMARTS) is 1. The molecular formula is C14H21NO3. The van der Waals surface area contributed by atoms with Gasteiger partial charge in [0.05, 0.1) is 18.3 Å². The molecule has 0 aromatic heterocycles. The van der Waals surface area contributed by atoms with Crippen molar-refractivity contribution in [2.24, 2.45) is 0 Å². The maximum absolute atomic E-state index is 10.8. The largest absolute Gasteiger partial charge is 0.478 e. The molecule has 0 aliphatic carbocycles. The van der Waals surface area contributed by atoms with Crippen LogP contribution in [0.25, 0.3) is 0 Å². The highest BCUT2D eigenvalue weighted by atomic mass is 16.5. The monoisotopic (exact) mass is 251 g/mol. The molecule has 0 bridgehead atoms. The van der Waals surface area contributed by atoms with E-state index in [1.54, 1.807) is 12.1 Å². The fourth-order valence-electron chi connectivity index (χ4n) is 1.76. The normalized spacial score (nSPS) is 10.7. The Bertz CT molecular complexity index is 416. The topological polar surface area (TPSA) is 49.8 Å². The number of rotatable bonds is 6. The Hall–Kier alpha value is -1.55. The zero-order valence-corrected chi connectivity index (χ0v) is 11.4. The molecule has 0 heterocycles. The number of aromatic carboxylic acids is 1. The van der Waals surface area contributed by atoms with E-state index in [0.717, 1.165) is 17.8 Å². The summed E-state index contributed by atoms with van der Waals surface area (Å²) in [5, 5.41) is 8.91. The van der Waals surface area contributed by atoms with Crippen LogP contribution in [-0.4, -0.2) is 37.4 Å². The molecule has 1 aromatic rings. The van der Waals surface area contributed by atoms with Gasteiger partial charge in [0, 0.05) is 19.3 Å². The van der Waals surface area contributed by atoms with Gasteiger partial charge >= 0.3 is 5.97 Å². The van der Waals surface area contributed by atoms with E-state index in [0.29, 0.717) is 12.2 Å². The molecule has 0 aliphatic rings. The first-order valence-corrected chi connectivity index (χ1v) is 6.08. The highest BCUT2D eigenvalue weighted by molar-refractivity contribution is 5.88. The van der Waals surface area contributed by atoms with Crippen LogP contribution in [0.1, 0.15) is 29.8 Å². The van der Waals surface area contributed by atoms with Crippen LogP contribution in [0, 0.1) is 6.92 Å². The minimum atomic E-state index is -0.893. The van der Waals surface area contributed by atoms with E-state index in [4.69, 9.17) is 9.84 Å². The lowest BCUT2D eigenvalue weighted by Gasteiger charge is -2.22. The average molecular weight is 251 g/mol. The highest BCUT2D eigenvalue weighted by Crippen LogP contribution is 2.20. The van der Waals surface area contributed by atoms with E-state index in [1.807, 2.05) is 33.9 Å². The van der Waals surface area contributed by atoms with Gasteiger partial charge in [-0.1, -0.05) is 0 Å². The van der Waals surface area contributed by atoms with E-state index >= 15 is 0 Å². The van der Waals surface area contributed by atoms with Crippen LogP contribution in [0.4, 0.5) is 5.69 Å². The van der Waals surface area contributed by atoms with E-state index in [-0.39, 0.29) is 6.10 Å². The second kappa shape index (κ2) is 6.40. The SMILES string of the molecule is Cc1cc(C(=O)O)ccc1N(C)CCOC(C)C. The predicted molar refractivity (Wildman–Crippen MR) is 72.5 cm³/mol. The van der Waals surface area contributed by atoms with Crippen LogP contribution >= 0.6 is 0 Å². The van der Waals surface area contributed by atoms with Crippen LogP contribution in [0.15, 0.2) is 18.2 Å². The first-order valence-electron chi connectivity index (χ1n) is 6.08. The third-order valence-corrected chi connectivity index (χ3v) is 2.73. The summed E-state index contributed by atoms with van der Waals surface area (Å²) < 4.78 is 5.50. The number of nitrogens with zero attached hydrogens (tertiary/aromatic N) is 1. The first-order chi connectivity index (χ1) is 8.41. The average Bonchev–Trinajstić information content (AvgIpc) is 2.27. The van der Waals surface area contributed by atoms with Crippen LogP contribution in [0.2, 0.25) is 0 Å². The van der Waals surface area contributed by atoms with Crippen LogP contribution < -0.4 is 4.90 Å². The van der Waals surface area contributed by atoms with Gasteiger partial charge in [0.1, 0.15) is 0 Å². The lowest BCUT2D eigenvalue weighted by Crippen LogP contribution is -2.24. The Morgan fingerprint density at radius 2 is 2.11 bits per heavy atom. The molecule has 0 aliphatic heterocycles. The van der Waals surface area contributed by atoms with E-state index < -0.39 is 5.97 Å². The van der Waals surface area contributed by atoms with E-state index in [9.17, 15) is 4.79 Å². The molecule has 0 fully saturated rings. The third kappa shape index (κ3) is 4.04. The lowest BCUT2D eigenvalue weighted by molar-refractivity contribution is 0.0696. The molecule has 0 unspecified atom stereocenters. The second-order valence-electron chi connectivity index (χ2n) is 4.65. The zero-order chi connectivity index (χ0) is 13.7. The first kappa shape index (κ1) is 14.5. The Morgan fingerprint density at radius 1 is 1.44 bits per heavy atom. The van der Waals surface area contributed by atoms with Gasteiger partial charge < -0.3 is 14.7 Å². The van der Waals surface area contributed by atoms with Gasteiger partial charge in [0.25, 0.3) is 0 Å². The lowest BCUT2D eigenvalue weighted by atomic mass is 10.1. The minimum Gasteiger partial charge on any atom is -0.478 e. The summed E-state index contributed by atoms with van der Waals surface area (Å²) in [4.78, 5) is 12.9. The number of hydrogen-bond acceptors (Lipinski definition) is 3. The molecule has 4 nitrogen and oxygen atoms in total. The van der Waals surface area contributed by atoms with Gasteiger partial charge in [-0.2, -0.15) is 0 Å². The van der Waals surface area contributed by atoms with E-state index in [1.165, 1.54) is 0 Å². The van der Waals surface area contributed by atoms with Crippen molar-refractivity contribution in [2.45, 2.75) is 26.9 Å². The minimum absolute atomic E-state index is 0.230. The smallest absolute Gasteiger partial charge is 0.335 e. The number of anilines is 1. The van der Waals surface area contributed by atoms with Crippen LogP contribution in [-0.2, 0) is 4.74 Å². The number of benzene rings is 1. The number of hydrogen-bond donors (Lipinski definition) is 1. The molecule has 4 heteroatoms. The summed E-state index contributed by atoms with van der Waals surface area (Å²) in [6.07, 6.45) is 0.230. The summed E-state index contributed by atoms with van der Waals surface area (Å²) in [5.41, 5.74) is 2.32. The molecule has 1 rings (SSSR count). The van der Waals surface area contributed by atoms with Crippen molar-refractivity contribution in [3.63, 3.8) is 0 Å². The number of ether oxygens (including phenoxy) is 1. The molecule has 0 radical (unpaired) electrons. The number of aryl methyl sites for hydroxylation is 1. The van der Waals surface area contributed by atoms with Crippen molar-refractivity contribution in [3.8, 4) is 0 Å². The Balaban J connectivity index is 2.68. The number of carbonyl (C=O) groups is 1. The fourth-order valence-corrected chi connectivity index (χ4v) is 1.76. The molecule has 1 N–H and O–H groups in total. The van der Waals surface area contributed by atoms with Gasteiger partial charge in [-0.15, -0.1) is 0 Å². The maximum Gasteiger partial charge on any atom is 0.335 e. The summed E-state index contributed by atoms with van der Waals surface area (Å²) in [7, 11) is 1.98. The molecule has 0 saturated heterocycles. The molecule has 100 valence electrons. The Labute approximate surface area is 108 Å². The molecular weight excluding hydrogens is 230 g/mol. The second-order valence-corrected chi connectivity index (χ2v) is 4.65. The van der Waals surface area contributed by atoms with Crippen molar-refractivity contribution >= 4 is 11.7 Å². The Morgan fingerprint density at radius 3 is 2.61 bits per heavy atom. The molecule has 0 amide bonds. The molecule has 1 aromatic carbocycles. The zero-order valence-electron chi connectivity index (χ0n) is 11.4. The molecule has 0 atom stereocenters. The standard InChI is InChI=1S/C14H21NO3/c1-10(2)18-8-7-15(4)13-6-5-12(14(16)17)9-11(13)3/h5-6,9-10H,7-8H2,1-4H3,(H,16,17). The Kier molecular flexibility index (Phi) is 5.16. The van der Waals surface area contributed by atoms with Crippen LogP contribution in [0.5, 0.6) is 0 Å². The summed E-state index contributed by atoms with van der Waals surface area (Å²) in [5.74, 6) is -0.893. The van der Waals surface area contributed by atoms with Crippen molar-refractivity contribution in [3.05, 3.63) is 29.3 Å². The van der Waals surface area contributed by atoms with Crippen molar-refractivity contribution in [2.75, 3.05) is 25.1 Å². The molecule has 0 saturated carbocycles. The predicted octanol–water partition coefficient (Wildman–Crippen LogP) is 2.55. The van der Waals surface area contributed by atoms with Crippen molar-refractivity contribution < 1.29 is 14.6 Å². The van der Waals surface area contributed by atoms with Crippen molar-refractivity contribution in [1.29, 1.82) is 0 Å². The van der Waals surface area contributed by atoms with Gasteiger partial charge in [-0.25, -0.2) is 4.79 Å². The van der Waals surface area contributed by atoms with Crippen molar-refractivity contribution in [1.82, 2.24) is 0 Å². The van der Waals surface area contributed by atoms with Gasteiger partial charge in [0.2, 0.25) is 0 Å². The van der Waals surface area contributed by atoms with Gasteiger partial charge in [-0.05, 0) is 44.5 Å². The summed E-state index contributed by atoms with van der Waals surface area (Å²) in [6, 6.07) is 5.16. The summed E-state index contributed by atoms with van der Waals surface area (Å²) >= 11 is 0. The molecule has 18 heavy (non-hydrogen) atoms. The van der Waals surface area contributed by atoms with Crippen LogP contribution in [0.3, 0.4) is 0 Å². The summed E-state index contributed by atoms with van der Waals surface area (Å²) in [6.45, 7) is 7.38. The number of carboxylic acids is 1. The fraction of sp³-hybridized carbons (Fsp3) is 0.500. The quantitative estimate of drug-likeness (QED) is 0.844. The van der Waals surface area contributed by atoms with E-state index in [2.05, 4.69) is 4.90 Å². The molecule has 0 spiro atoms.